The Morgan fingerprint density at radius 1 is 1.22 bits per heavy atom. The number of carbonyl (C=O) groups is 1. The molecule has 0 radical (unpaired) electrons. The molecule has 1 aliphatic carbocycles. The van der Waals surface area contributed by atoms with Gasteiger partial charge in [-0.2, -0.15) is 0 Å². The first kappa shape index (κ1) is 26.8. The zero-order valence-corrected chi connectivity index (χ0v) is 22.6. The molecule has 3 heterocycles. The third kappa shape index (κ3) is 6.36. The molecule has 1 saturated heterocycles. The summed E-state index contributed by atoms with van der Waals surface area (Å²) in [6.45, 7) is 6.58. The van der Waals surface area contributed by atoms with Crippen molar-refractivity contribution in [1.82, 2.24) is 14.6 Å². The number of nitrogens with zero attached hydrogens (tertiary/aromatic N) is 3. The molecule has 2 fully saturated rings. The van der Waals surface area contributed by atoms with Crippen LogP contribution < -0.4 is 9.62 Å². The molecule has 0 spiro atoms. The summed E-state index contributed by atoms with van der Waals surface area (Å²) < 4.78 is 31.5. The lowest BCUT2D eigenvalue weighted by atomic mass is 9.66. The van der Waals surface area contributed by atoms with E-state index in [0.717, 1.165) is 50.8 Å². The van der Waals surface area contributed by atoms with Crippen molar-refractivity contribution in [2.45, 2.75) is 77.3 Å². The number of aryl methyl sites for hydroxylation is 1. The maximum Gasteiger partial charge on any atom is 0.295 e. The van der Waals surface area contributed by atoms with Gasteiger partial charge in [0.25, 0.3) is 5.91 Å². The maximum absolute atomic E-state index is 13.4. The summed E-state index contributed by atoms with van der Waals surface area (Å²) in [5.74, 6) is 0.829. The van der Waals surface area contributed by atoms with E-state index >= 15 is 0 Å². The number of sulfonamides is 1. The van der Waals surface area contributed by atoms with Gasteiger partial charge in [0, 0.05) is 37.9 Å². The van der Waals surface area contributed by atoms with E-state index in [2.05, 4.69) is 21.5 Å². The van der Waals surface area contributed by atoms with E-state index in [9.17, 15) is 13.2 Å². The number of carbonyl (C=O) groups excluding carboxylic acids is 1. The van der Waals surface area contributed by atoms with Crippen LogP contribution >= 0.6 is 0 Å². The molecule has 1 unspecified atom stereocenters. The molecule has 1 atom stereocenters. The number of nitrogens with one attached hydrogen (secondary N) is 1. The van der Waals surface area contributed by atoms with Crippen molar-refractivity contribution in [3.63, 3.8) is 0 Å². The highest BCUT2D eigenvalue weighted by Crippen LogP contribution is 2.44. The van der Waals surface area contributed by atoms with Crippen molar-refractivity contribution in [3.8, 4) is 0 Å². The van der Waals surface area contributed by atoms with Gasteiger partial charge in [-0.05, 0) is 75.1 Å². The van der Waals surface area contributed by atoms with E-state index in [4.69, 9.17) is 4.42 Å². The van der Waals surface area contributed by atoms with Crippen molar-refractivity contribution in [2.75, 3.05) is 30.8 Å². The summed E-state index contributed by atoms with van der Waals surface area (Å²) >= 11 is 0. The summed E-state index contributed by atoms with van der Waals surface area (Å²) in [4.78, 5) is 22.4. The van der Waals surface area contributed by atoms with Crippen LogP contribution in [0.3, 0.4) is 0 Å². The molecule has 0 bridgehead atoms. The Bertz CT molecular complexity index is 1090. The quantitative estimate of drug-likeness (QED) is 0.532. The summed E-state index contributed by atoms with van der Waals surface area (Å²) in [7, 11) is -3.19. The highest BCUT2D eigenvalue weighted by Gasteiger charge is 2.42. The van der Waals surface area contributed by atoms with Crippen molar-refractivity contribution < 1.29 is 17.6 Å². The van der Waals surface area contributed by atoms with E-state index in [0.29, 0.717) is 24.2 Å². The topological polar surface area (TPSA) is 95.8 Å². The second-order valence-electron chi connectivity index (χ2n) is 10.6. The fraction of sp³-hybridized carbons (Fsp3) is 0.630. The van der Waals surface area contributed by atoms with E-state index in [-0.39, 0.29) is 17.4 Å². The Morgan fingerprint density at radius 2 is 1.94 bits per heavy atom. The van der Waals surface area contributed by atoms with Gasteiger partial charge in [-0.1, -0.05) is 25.3 Å². The van der Waals surface area contributed by atoms with Crippen LogP contribution in [0.15, 0.2) is 41.1 Å². The number of aromatic nitrogens is 1. The average Bonchev–Trinajstić information content (AvgIpc) is 3.40. The molecule has 2 aliphatic rings. The molecule has 8 nitrogen and oxygen atoms in total. The molecule has 1 N–H and O–H groups in total. The molecule has 198 valence electrons. The van der Waals surface area contributed by atoms with Gasteiger partial charge >= 0.3 is 0 Å². The predicted octanol–water partition coefficient (Wildman–Crippen LogP) is 4.37. The fourth-order valence-corrected chi connectivity index (χ4v) is 6.59. The standard InChI is InChI=1S/C27H40N4O4S/c1-21-9-10-25(28-20-21)31(26(32)24-8-7-19-35-24)23-11-17-30(18-12-23)22(2)27(13-5-4-6-14-27)15-16-29-36(3,33)34/h7-10,19-20,22-23,29H,4-6,11-18H2,1-3H3. The Morgan fingerprint density at radius 3 is 2.53 bits per heavy atom. The van der Waals surface area contributed by atoms with Crippen LogP contribution in [0, 0.1) is 12.3 Å². The number of hydrogen-bond acceptors (Lipinski definition) is 6. The second-order valence-corrected chi connectivity index (χ2v) is 12.5. The number of hydrogen-bond donors (Lipinski definition) is 1. The van der Waals surface area contributed by atoms with Gasteiger partial charge in [0.05, 0.1) is 12.5 Å². The minimum absolute atomic E-state index is 0.0375. The molecule has 1 saturated carbocycles. The van der Waals surface area contributed by atoms with Crippen molar-refractivity contribution in [3.05, 3.63) is 48.0 Å². The van der Waals surface area contributed by atoms with Gasteiger partial charge < -0.3 is 4.42 Å². The minimum Gasteiger partial charge on any atom is -0.459 e. The van der Waals surface area contributed by atoms with E-state index in [1.165, 1.54) is 31.8 Å². The van der Waals surface area contributed by atoms with E-state index in [1.807, 2.05) is 24.0 Å². The molecule has 2 aromatic rings. The fourth-order valence-electron chi connectivity index (χ4n) is 6.11. The van der Waals surface area contributed by atoms with Crippen LogP contribution in [0.1, 0.15) is 74.4 Å². The Hall–Kier alpha value is -2.23. The van der Waals surface area contributed by atoms with E-state index < -0.39 is 10.0 Å². The van der Waals surface area contributed by atoms with E-state index in [1.54, 1.807) is 18.3 Å². The molecular formula is C27H40N4O4S. The van der Waals surface area contributed by atoms with Gasteiger partial charge in [-0.3, -0.25) is 14.6 Å². The van der Waals surface area contributed by atoms with Crippen LogP contribution in [-0.2, 0) is 10.0 Å². The molecule has 0 aromatic carbocycles. The normalized spacial score (nSPS) is 20.2. The molecule has 2 aromatic heterocycles. The zero-order chi connectivity index (χ0) is 25.8. The Balaban J connectivity index is 1.47. The van der Waals surface area contributed by atoms with Gasteiger partial charge in [0.1, 0.15) is 5.82 Å². The molecule has 1 amide bonds. The lowest BCUT2D eigenvalue weighted by Crippen LogP contribution is -2.54. The van der Waals surface area contributed by atoms with Gasteiger partial charge in [0.2, 0.25) is 10.0 Å². The number of furan rings is 1. The molecular weight excluding hydrogens is 476 g/mol. The third-order valence-electron chi connectivity index (χ3n) is 8.23. The number of amides is 1. The third-order valence-corrected chi connectivity index (χ3v) is 8.96. The number of anilines is 1. The molecule has 36 heavy (non-hydrogen) atoms. The second kappa shape index (κ2) is 11.4. The summed E-state index contributed by atoms with van der Waals surface area (Å²) in [6.07, 6.45) is 13.0. The number of likely N-dealkylation sites (tertiary alicyclic amines) is 1. The van der Waals surface area contributed by atoms with Crippen LogP contribution in [0.25, 0.3) is 0 Å². The maximum atomic E-state index is 13.4. The summed E-state index contributed by atoms with van der Waals surface area (Å²) in [5, 5.41) is 0. The van der Waals surface area contributed by atoms with Crippen LogP contribution in [-0.4, -0.2) is 62.2 Å². The molecule has 9 heteroatoms. The zero-order valence-electron chi connectivity index (χ0n) is 21.8. The first-order valence-electron chi connectivity index (χ1n) is 13.2. The minimum atomic E-state index is -3.19. The average molecular weight is 517 g/mol. The van der Waals surface area contributed by atoms with Crippen LogP contribution in [0.4, 0.5) is 5.82 Å². The largest absolute Gasteiger partial charge is 0.459 e. The van der Waals surface area contributed by atoms with Gasteiger partial charge in [0.15, 0.2) is 5.76 Å². The first-order valence-corrected chi connectivity index (χ1v) is 15.1. The first-order chi connectivity index (χ1) is 17.2. The Labute approximate surface area is 215 Å². The lowest BCUT2D eigenvalue weighted by molar-refractivity contribution is 0.0204. The smallest absolute Gasteiger partial charge is 0.295 e. The Kier molecular flexibility index (Phi) is 8.52. The van der Waals surface area contributed by atoms with Gasteiger partial charge in [-0.25, -0.2) is 18.1 Å². The van der Waals surface area contributed by atoms with Crippen molar-refractivity contribution >= 4 is 21.7 Å². The summed E-state index contributed by atoms with van der Waals surface area (Å²) in [5.41, 5.74) is 1.17. The molecule has 1 aliphatic heterocycles. The predicted molar refractivity (Wildman–Crippen MR) is 142 cm³/mol. The number of pyridine rings is 1. The monoisotopic (exact) mass is 516 g/mol. The van der Waals surface area contributed by atoms with Crippen molar-refractivity contribution in [2.24, 2.45) is 5.41 Å². The van der Waals surface area contributed by atoms with Crippen molar-refractivity contribution in [1.29, 1.82) is 0 Å². The molecule has 4 rings (SSSR count). The van der Waals surface area contributed by atoms with Crippen LogP contribution in [0.2, 0.25) is 0 Å². The SMILES string of the molecule is Cc1ccc(N(C(=O)c2ccco2)C2CCN(C(C)C3(CCNS(C)(=O)=O)CCCCC3)CC2)nc1. The number of piperidine rings is 1. The van der Waals surface area contributed by atoms with Gasteiger partial charge in [-0.15, -0.1) is 0 Å². The highest BCUT2D eigenvalue weighted by atomic mass is 32.2. The lowest BCUT2D eigenvalue weighted by Gasteiger charge is -2.49. The van der Waals surface area contributed by atoms with Crippen LogP contribution in [0.5, 0.6) is 0 Å². The number of rotatable bonds is 9. The summed E-state index contributed by atoms with van der Waals surface area (Å²) in [6, 6.07) is 7.73. The highest BCUT2D eigenvalue weighted by molar-refractivity contribution is 7.88.